The van der Waals surface area contributed by atoms with Gasteiger partial charge in [-0.3, -0.25) is 0 Å². The van der Waals surface area contributed by atoms with Crippen LogP contribution in [0.1, 0.15) is 39.5 Å². The van der Waals surface area contributed by atoms with E-state index in [-0.39, 0.29) is 12.2 Å². The highest BCUT2D eigenvalue weighted by molar-refractivity contribution is 4.90. The fourth-order valence-corrected chi connectivity index (χ4v) is 2.68. The molecule has 0 bridgehead atoms. The van der Waals surface area contributed by atoms with Crippen LogP contribution in [-0.4, -0.2) is 35.5 Å². The van der Waals surface area contributed by atoms with E-state index < -0.39 is 0 Å². The summed E-state index contributed by atoms with van der Waals surface area (Å²) in [7, 11) is 0. The van der Waals surface area contributed by atoms with Crippen LogP contribution in [0.5, 0.6) is 0 Å². The van der Waals surface area contributed by atoms with Crippen molar-refractivity contribution in [1.29, 1.82) is 0 Å². The molecular formula is C11H21NO2. The van der Waals surface area contributed by atoms with Crippen LogP contribution in [0.15, 0.2) is 0 Å². The molecule has 2 N–H and O–H groups in total. The molecule has 2 fully saturated rings. The Hall–Kier alpha value is -0.120. The summed E-state index contributed by atoms with van der Waals surface area (Å²) >= 11 is 0. The number of ether oxygens (including phenoxy) is 1. The lowest BCUT2D eigenvalue weighted by Crippen LogP contribution is -2.45. The van der Waals surface area contributed by atoms with E-state index in [0.29, 0.717) is 18.2 Å². The zero-order valence-corrected chi connectivity index (χ0v) is 9.07. The van der Waals surface area contributed by atoms with Crippen molar-refractivity contribution >= 4 is 0 Å². The molecule has 0 radical (unpaired) electrons. The van der Waals surface area contributed by atoms with E-state index in [1.807, 2.05) is 0 Å². The van der Waals surface area contributed by atoms with E-state index in [1.54, 1.807) is 0 Å². The molecule has 3 heteroatoms. The Morgan fingerprint density at radius 2 is 2.00 bits per heavy atom. The molecule has 0 aromatic rings. The van der Waals surface area contributed by atoms with Crippen molar-refractivity contribution in [2.45, 2.75) is 69.9 Å². The SMILES string of the molecule is CC1CC(N[C@@H]2CCC[C@H]2O)C(C)O1. The van der Waals surface area contributed by atoms with Crippen molar-refractivity contribution < 1.29 is 9.84 Å². The number of hydrogen-bond donors (Lipinski definition) is 2. The molecule has 82 valence electrons. The number of aliphatic hydroxyl groups excluding tert-OH is 1. The number of nitrogens with one attached hydrogen (secondary N) is 1. The highest BCUT2D eigenvalue weighted by atomic mass is 16.5. The van der Waals surface area contributed by atoms with Crippen molar-refractivity contribution in [2.24, 2.45) is 0 Å². The minimum Gasteiger partial charge on any atom is -0.392 e. The standard InChI is InChI=1S/C11H21NO2/c1-7-6-10(8(2)14-7)12-9-4-3-5-11(9)13/h7-13H,3-6H2,1-2H3/t7?,8?,9-,10?,11-/m1/s1. The first kappa shape index (κ1) is 10.4. The first-order valence-corrected chi connectivity index (χ1v) is 5.76. The summed E-state index contributed by atoms with van der Waals surface area (Å²) in [4.78, 5) is 0. The lowest BCUT2D eigenvalue weighted by molar-refractivity contribution is 0.0564. The Morgan fingerprint density at radius 3 is 2.50 bits per heavy atom. The second-order valence-corrected chi connectivity index (χ2v) is 4.77. The molecule has 2 aliphatic rings. The monoisotopic (exact) mass is 199 g/mol. The second kappa shape index (κ2) is 4.17. The summed E-state index contributed by atoms with van der Waals surface area (Å²) < 4.78 is 5.68. The lowest BCUT2D eigenvalue weighted by Gasteiger charge is -2.23. The van der Waals surface area contributed by atoms with Gasteiger partial charge in [-0.05, 0) is 39.5 Å². The molecule has 3 nitrogen and oxygen atoms in total. The Bertz CT molecular complexity index is 198. The normalized spacial score (nSPS) is 48.6. The molecule has 5 atom stereocenters. The van der Waals surface area contributed by atoms with Crippen LogP contribution in [0.3, 0.4) is 0 Å². The smallest absolute Gasteiger partial charge is 0.0704 e. The molecule has 14 heavy (non-hydrogen) atoms. The third-order valence-electron chi connectivity index (χ3n) is 3.51. The number of hydrogen-bond acceptors (Lipinski definition) is 3. The van der Waals surface area contributed by atoms with Gasteiger partial charge in [0.2, 0.25) is 0 Å². The number of aliphatic hydroxyl groups is 1. The zero-order valence-electron chi connectivity index (χ0n) is 9.07. The zero-order chi connectivity index (χ0) is 10.1. The average molecular weight is 199 g/mol. The van der Waals surface area contributed by atoms with Crippen LogP contribution in [-0.2, 0) is 4.74 Å². The van der Waals surface area contributed by atoms with Gasteiger partial charge in [0.05, 0.1) is 18.3 Å². The van der Waals surface area contributed by atoms with Crippen molar-refractivity contribution in [3.8, 4) is 0 Å². The topological polar surface area (TPSA) is 41.5 Å². The van der Waals surface area contributed by atoms with Gasteiger partial charge in [-0.15, -0.1) is 0 Å². The average Bonchev–Trinajstić information content (AvgIpc) is 2.62. The van der Waals surface area contributed by atoms with Gasteiger partial charge in [0.25, 0.3) is 0 Å². The molecule has 0 aromatic carbocycles. The first-order chi connectivity index (χ1) is 6.66. The van der Waals surface area contributed by atoms with Crippen LogP contribution >= 0.6 is 0 Å². The molecule has 2 rings (SSSR count). The summed E-state index contributed by atoms with van der Waals surface area (Å²) in [5, 5.41) is 13.2. The fraction of sp³-hybridized carbons (Fsp3) is 1.00. The summed E-state index contributed by atoms with van der Waals surface area (Å²) in [6, 6.07) is 0.735. The molecule has 1 saturated heterocycles. The summed E-state index contributed by atoms with van der Waals surface area (Å²) in [6.45, 7) is 4.23. The maximum absolute atomic E-state index is 9.70. The number of rotatable bonds is 2. The molecule has 0 amide bonds. The summed E-state index contributed by atoms with van der Waals surface area (Å²) in [5.74, 6) is 0. The maximum atomic E-state index is 9.70. The van der Waals surface area contributed by atoms with Crippen molar-refractivity contribution in [3.63, 3.8) is 0 Å². The van der Waals surface area contributed by atoms with E-state index in [2.05, 4.69) is 19.2 Å². The molecule has 1 heterocycles. The predicted molar refractivity (Wildman–Crippen MR) is 55.2 cm³/mol. The Balaban J connectivity index is 1.85. The molecule has 1 aliphatic carbocycles. The Morgan fingerprint density at radius 1 is 1.21 bits per heavy atom. The Labute approximate surface area is 85.8 Å². The Kier molecular flexibility index (Phi) is 3.10. The van der Waals surface area contributed by atoms with Gasteiger partial charge in [-0.1, -0.05) is 0 Å². The van der Waals surface area contributed by atoms with Gasteiger partial charge in [-0.25, -0.2) is 0 Å². The van der Waals surface area contributed by atoms with Crippen LogP contribution < -0.4 is 5.32 Å². The quantitative estimate of drug-likeness (QED) is 0.698. The van der Waals surface area contributed by atoms with E-state index >= 15 is 0 Å². The van der Waals surface area contributed by atoms with Crippen LogP contribution in [0, 0.1) is 0 Å². The lowest BCUT2D eigenvalue weighted by atomic mass is 10.1. The van der Waals surface area contributed by atoms with Gasteiger partial charge in [-0.2, -0.15) is 0 Å². The van der Waals surface area contributed by atoms with Gasteiger partial charge in [0.1, 0.15) is 0 Å². The molecule has 0 spiro atoms. The molecule has 1 saturated carbocycles. The first-order valence-electron chi connectivity index (χ1n) is 5.76. The van der Waals surface area contributed by atoms with E-state index in [1.165, 1.54) is 0 Å². The minimum atomic E-state index is -0.141. The minimum absolute atomic E-state index is 0.141. The van der Waals surface area contributed by atoms with E-state index in [0.717, 1.165) is 25.7 Å². The second-order valence-electron chi connectivity index (χ2n) is 4.77. The molecule has 3 unspecified atom stereocenters. The van der Waals surface area contributed by atoms with Crippen LogP contribution in [0.4, 0.5) is 0 Å². The van der Waals surface area contributed by atoms with Gasteiger partial charge in [0.15, 0.2) is 0 Å². The van der Waals surface area contributed by atoms with Gasteiger partial charge >= 0.3 is 0 Å². The highest BCUT2D eigenvalue weighted by Gasteiger charge is 2.34. The van der Waals surface area contributed by atoms with Crippen LogP contribution in [0.25, 0.3) is 0 Å². The van der Waals surface area contributed by atoms with Crippen LogP contribution in [0.2, 0.25) is 0 Å². The van der Waals surface area contributed by atoms with Crippen molar-refractivity contribution in [3.05, 3.63) is 0 Å². The molecular weight excluding hydrogens is 178 g/mol. The van der Waals surface area contributed by atoms with Crippen molar-refractivity contribution in [1.82, 2.24) is 5.32 Å². The predicted octanol–water partition coefficient (Wildman–Crippen LogP) is 1.06. The fourth-order valence-electron chi connectivity index (χ4n) is 2.68. The van der Waals surface area contributed by atoms with Gasteiger partial charge in [0, 0.05) is 12.1 Å². The largest absolute Gasteiger partial charge is 0.392 e. The maximum Gasteiger partial charge on any atom is 0.0704 e. The highest BCUT2D eigenvalue weighted by Crippen LogP contribution is 2.24. The summed E-state index contributed by atoms with van der Waals surface area (Å²) in [6.07, 6.45) is 4.80. The van der Waals surface area contributed by atoms with E-state index in [4.69, 9.17) is 4.74 Å². The third-order valence-corrected chi connectivity index (χ3v) is 3.51. The van der Waals surface area contributed by atoms with Gasteiger partial charge < -0.3 is 15.2 Å². The molecule has 1 aliphatic heterocycles. The third kappa shape index (κ3) is 2.10. The van der Waals surface area contributed by atoms with Crippen molar-refractivity contribution in [2.75, 3.05) is 0 Å². The van der Waals surface area contributed by atoms with E-state index in [9.17, 15) is 5.11 Å². The summed E-state index contributed by atoms with van der Waals surface area (Å²) in [5.41, 5.74) is 0. The molecule has 0 aromatic heterocycles.